The molecule has 21 heavy (non-hydrogen) atoms. The SMILES string of the molecule is COC(=O)c1ccc(-c2ccc(-c3ccccc3)s2)cc1. The number of carbonyl (C=O) groups excluding carboxylic acids is 1. The van der Waals surface area contributed by atoms with E-state index in [0.29, 0.717) is 5.56 Å². The van der Waals surface area contributed by atoms with Crippen molar-refractivity contribution in [1.29, 1.82) is 0 Å². The standard InChI is InChI=1S/C18H14O2S/c1-20-18(19)15-9-7-14(8-10-15)17-12-11-16(21-17)13-5-3-2-4-6-13/h2-12H,1H3. The Morgan fingerprint density at radius 2 is 1.38 bits per heavy atom. The van der Waals surface area contributed by atoms with E-state index in [0.717, 1.165) is 5.56 Å². The van der Waals surface area contributed by atoms with E-state index in [1.54, 1.807) is 23.5 Å². The highest BCUT2D eigenvalue weighted by Gasteiger charge is 2.07. The van der Waals surface area contributed by atoms with Gasteiger partial charge < -0.3 is 4.74 Å². The first kappa shape index (κ1) is 13.6. The second-order valence-electron chi connectivity index (χ2n) is 4.60. The molecule has 1 aromatic heterocycles. The minimum Gasteiger partial charge on any atom is -0.465 e. The van der Waals surface area contributed by atoms with Gasteiger partial charge in [0, 0.05) is 9.75 Å². The molecule has 3 heteroatoms. The summed E-state index contributed by atoms with van der Waals surface area (Å²) in [4.78, 5) is 13.9. The molecule has 0 aliphatic heterocycles. The Morgan fingerprint density at radius 3 is 1.95 bits per heavy atom. The second-order valence-corrected chi connectivity index (χ2v) is 5.68. The largest absolute Gasteiger partial charge is 0.465 e. The number of thiophene rings is 1. The minimum absolute atomic E-state index is 0.308. The monoisotopic (exact) mass is 294 g/mol. The molecule has 0 spiro atoms. The van der Waals surface area contributed by atoms with Crippen LogP contribution in [0.1, 0.15) is 10.4 Å². The van der Waals surface area contributed by atoms with Gasteiger partial charge in [0.1, 0.15) is 0 Å². The first-order chi connectivity index (χ1) is 10.3. The van der Waals surface area contributed by atoms with Gasteiger partial charge in [0.2, 0.25) is 0 Å². The average Bonchev–Trinajstić information content (AvgIpc) is 3.05. The van der Waals surface area contributed by atoms with Crippen molar-refractivity contribution < 1.29 is 9.53 Å². The molecule has 0 saturated carbocycles. The molecule has 0 radical (unpaired) electrons. The van der Waals surface area contributed by atoms with Gasteiger partial charge >= 0.3 is 5.97 Å². The zero-order chi connectivity index (χ0) is 14.7. The van der Waals surface area contributed by atoms with Crippen molar-refractivity contribution in [2.24, 2.45) is 0 Å². The molecule has 0 bridgehead atoms. The Bertz CT molecular complexity index is 742. The van der Waals surface area contributed by atoms with E-state index in [4.69, 9.17) is 4.74 Å². The lowest BCUT2D eigenvalue weighted by molar-refractivity contribution is 0.0601. The molecule has 0 saturated heterocycles. The van der Waals surface area contributed by atoms with Crippen LogP contribution in [0.3, 0.4) is 0 Å². The van der Waals surface area contributed by atoms with Gasteiger partial charge in [0.05, 0.1) is 12.7 Å². The lowest BCUT2D eigenvalue weighted by Gasteiger charge is -2.01. The summed E-state index contributed by atoms with van der Waals surface area (Å²) in [6.07, 6.45) is 0. The smallest absolute Gasteiger partial charge is 0.337 e. The number of rotatable bonds is 3. The maximum atomic E-state index is 11.4. The summed E-state index contributed by atoms with van der Waals surface area (Å²) in [5, 5.41) is 0. The van der Waals surface area contributed by atoms with Crippen LogP contribution in [-0.4, -0.2) is 13.1 Å². The first-order valence-electron chi connectivity index (χ1n) is 6.62. The van der Waals surface area contributed by atoms with Gasteiger partial charge in [-0.05, 0) is 35.4 Å². The van der Waals surface area contributed by atoms with Gasteiger partial charge in [-0.1, -0.05) is 42.5 Å². The fourth-order valence-electron chi connectivity index (χ4n) is 2.14. The van der Waals surface area contributed by atoms with E-state index < -0.39 is 0 Å². The van der Waals surface area contributed by atoms with Crippen molar-refractivity contribution in [1.82, 2.24) is 0 Å². The maximum Gasteiger partial charge on any atom is 0.337 e. The molecule has 2 aromatic carbocycles. The van der Waals surface area contributed by atoms with Crippen molar-refractivity contribution in [3.05, 3.63) is 72.3 Å². The Hall–Kier alpha value is -2.39. The second kappa shape index (κ2) is 5.94. The van der Waals surface area contributed by atoms with E-state index in [1.165, 1.54) is 22.4 Å². The molecule has 104 valence electrons. The van der Waals surface area contributed by atoms with Crippen molar-refractivity contribution in [2.45, 2.75) is 0 Å². The molecule has 0 unspecified atom stereocenters. The number of hydrogen-bond acceptors (Lipinski definition) is 3. The Kier molecular flexibility index (Phi) is 3.84. The Labute approximate surface area is 127 Å². The predicted octanol–water partition coefficient (Wildman–Crippen LogP) is 4.87. The van der Waals surface area contributed by atoms with Gasteiger partial charge in [0.25, 0.3) is 0 Å². The molecular formula is C18H14O2S. The lowest BCUT2D eigenvalue weighted by Crippen LogP contribution is -2.00. The van der Waals surface area contributed by atoms with Crippen molar-refractivity contribution in [3.8, 4) is 20.9 Å². The number of ether oxygens (including phenoxy) is 1. The summed E-state index contributed by atoms with van der Waals surface area (Å²) in [5.41, 5.74) is 2.90. The zero-order valence-corrected chi connectivity index (χ0v) is 12.4. The fraction of sp³-hybridized carbons (Fsp3) is 0.0556. The molecule has 0 amide bonds. The summed E-state index contributed by atoms with van der Waals surface area (Å²) in [6.45, 7) is 0. The summed E-state index contributed by atoms with van der Waals surface area (Å²) in [6, 6.07) is 22.0. The molecule has 0 fully saturated rings. The van der Waals surface area contributed by atoms with Crippen LogP contribution in [0.15, 0.2) is 66.7 Å². The minimum atomic E-state index is -0.308. The van der Waals surface area contributed by atoms with Crippen LogP contribution in [0.5, 0.6) is 0 Å². The fourth-order valence-corrected chi connectivity index (χ4v) is 3.16. The van der Waals surface area contributed by atoms with Crippen LogP contribution in [0.2, 0.25) is 0 Å². The highest BCUT2D eigenvalue weighted by atomic mass is 32.1. The van der Waals surface area contributed by atoms with E-state index in [1.807, 2.05) is 30.3 Å². The maximum absolute atomic E-state index is 11.4. The van der Waals surface area contributed by atoms with Gasteiger partial charge in [-0.3, -0.25) is 0 Å². The van der Waals surface area contributed by atoms with Crippen LogP contribution < -0.4 is 0 Å². The topological polar surface area (TPSA) is 26.3 Å². The highest BCUT2D eigenvalue weighted by molar-refractivity contribution is 7.18. The molecule has 0 aliphatic rings. The predicted molar refractivity (Wildman–Crippen MR) is 86.5 cm³/mol. The third-order valence-electron chi connectivity index (χ3n) is 3.25. The summed E-state index contributed by atoms with van der Waals surface area (Å²) in [5.74, 6) is -0.308. The van der Waals surface area contributed by atoms with E-state index in [-0.39, 0.29) is 5.97 Å². The zero-order valence-electron chi connectivity index (χ0n) is 11.6. The van der Waals surface area contributed by atoms with Gasteiger partial charge in [-0.15, -0.1) is 11.3 Å². The summed E-state index contributed by atoms with van der Waals surface area (Å²) in [7, 11) is 1.39. The number of hydrogen-bond donors (Lipinski definition) is 0. The van der Waals surface area contributed by atoms with E-state index >= 15 is 0 Å². The first-order valence-corrected chi connectivity index (χ1v) is 7.43. The Morgan fingerprint density at radius 1 is 0.810 bits per heavy atom. The van der Waals surface area contributed by atoms with Crippen LogP contribution >= 0.6 is 11.3 Å². The molecule has 0 aliphatic carbocycles. The molecule has 3 rings (SSSR count). The Balaban J connectivity index is 1.88. The third-order valence-corrected chi connectivity index (χ3v) is 4.44. The van der Waals surface area contributed by atoms with Gasteiger partial charge in [0.15, 0.2) is 0 Å². The molecule has 1 heterocycles. The van der Waals surface area contributed by atoms with Gasteiger partial charge in [-0.25, -0.2) is 4.79 Å². The van der Waals surface area contributed by atoms with E-state index in [9.17, 15) is 4.79 Å². The van der Waals surface area contributed by atoms with Crippen LogP contribution in [-0.2, 0) is 4.74 Å². The van der Waals surface area contributed by atoms with E-state index in [2.05, 4.69) is 24.3 Å². The van der Waals surface area contributed by atoms with Crippen molar-refractivity contribution in [2.75, 3.05) is 7.11 Å². The molecule has 2 nitrogen and oxygen atoms in total. The quantitative estimate of drug-likeness (QED) is 0.644. The molecule has 0 N–H and O–H groups in total. The number of methoxy groups -OCH3 is 1. The third kappa shape index (κ3) is 2.88. The van der Waals surface area contributed by atoms with Crippen molar-refractivity contribution in [3.63, 3.8) is 0 Å². The molecule has 0 atom stereocenters. The number of esters is 1. The number of carbonyl (C=O) groups is 1. The van der Waals surface area contributed by atoms with Crippen molar-refractivity contribution >= 4 is 17.3 Å². The highest BCUT2D eigenvalue weighted by Crippen LogP contribution is 2.34. The van der Waals surface area contributed by atoms with Crippen LogP contribution in [0.4, 0.5) is 0 Å². The summed E-state index contributed by atoms with van der Waals surface area (Å²) >= 11 is 1.74. The summed E-state index contributed by atoms with van der Waals surface area (Å²) < 4.78 is 4.71. The van der Waals surface area contributed by atoms with Crippen LogP contribution in [0, 0.1) is 0 Å². The van der Waals surface area contributed by atoms with Crippen LogP contribution in [0.25, 0.3) is 20.9 Å². The molecule has 3 aromatic rings. The average molecular weight is 294 g/mol. The van der Waals surface area contributed by atoms with Gasteiger partial charge in [-0.2, -0.15) is 0 Å². The number of benzene rings is 2. The molecular weight excluding hydrogens is 280 g/mol. The normalized spacial score (nSPS) is 10.3. The lowest BCUT2D eigenvalue weighted by atomic mass is 10.1.